The summed E-state index contributed by atoms with van der Waals surface area (Å²) in [5, 5.41) is 0. The van der Waals surface area contributed by atoms with Crippen molar-refractivity contribution >= 4 is 17.9 Å². The minimum absolute atomic E-state index is 0.105. The lowest BCUT2D eigenvalue weighted by molar-refractivity contribution is -0.167. The third-order valence-corrected chi connectivity index (χ3v) is 11.4. The second-order valence-electron chi connectivity index (χ2n) is 18.0. The molecule has 6 nitrogen and oxygen atoms in total. The normalized spacial score (nSPS) is 12.9. The third-order valence-electron chi connectivity index (χ3n) is 11.4. The highest BCUT2D eigenvalue weighted by Crippen LogP contribution is 2.13. The maximum atomic E-state index is 12.8. The third kappa shape index (κ3) is 52.9. The molecule has 0 spiro atoms. The Morgan fingerprint density at radius 3 is 0.925 bits per heavy atom. The van der Waals surface area contributed by atoms with Crippen molar-refractivity contribution in [2.45, 2.75) is 245 Å². The fourth-order valence-electron chi connectivity index (χ4n) is 7.22. The van der Waals surface area contributed by atoms with Crippen LogP contribution >= 0.6 is 0 Å². The monoisotopic (exact) mass is 929 g/mol. The lowest BCUT2D eigenvalue weighted by Gasteiger charge is -2.18. The summed E-state index contributed by atoms with van der Waals surface area (Å²) in [5.74, 6) is -0.969. The van der Waals surface area contributed by atoms with Gasteiger partial charge in [0, 0.05) is 19.3 Å². The second kappa shape index (κ2) is 54.7. The van der Waals surface area contributed by atoms with E-state index in [0.29, 0.717) is 19.3 Å². The van der Waals surface area contributed by atoms with E-state index in [9.17, 15) is 14.4 Å². The van der Waals surface area contributed by atoms with Gasteiger partial charge in [-0.25, -0.2) is 0 Å². The molecule has 0 heterocycles. The van der Waals surface area contributed by atoms with Crippen molar-refractivity contribution in [3.05, 3.63) is 109 Å². The van der Waals surface area contributed by atoms with Crippen LogP contribution < -0.4 is 0 Å². The molecule has 1 unspecified atom stereocenters. The van der Waals surface area contributed by atoms with E-state index in [4.69, 9.17) is 14.2 Å². The van der Waals surface area contributed by atoms with Gasteiger partial charge in [-0.1, -0.05) is 233 Å². The molecule has 0 N–H and O–H groups in total. The van der Waals surface area contributed by atoms with E-state index in [2.05, 4.69) is 130 Å². The van der Waals surface area contributed by atoms with Crippen molar-refractivity contribution in [2.75, 3.05) is 13.2 Å². The van der Waals surface area contributed by atoms with Gasteiger partial charge in [0.1, 0.15) is 13.2 Å². The molecule has 380 valence electrons. The van der Waals surface area contributed by atoms with Crippen LogP contribution in [0.2, 0.25) is 0 Å². The quantitative estimate of drug-likeness (QED) is 0.0199. The highest BCUT2D eigenvalue weighted by Gasteiger charge is 2.19. The standard InChI is InChI=1S/C61H100O6/c1-4-7-10-13-16-19-22-25-27-29-31-33-36-39-42-45-48-51-54-60(63)66-57-58(56-65-59(62)53-50-47-44-41-38-35-24-21-18-15-12-9-6-3)67-61(64)55-52-49-46-43-40-37-34-32-30-28-26-23-20-17-14-11-8-5-2/h16-17,19-20,22-23,25-35,38,58H,4-15,18,21,24,36-37,39-57H2,1-3H3/b19-16-,20-17-,25-22-,26-23-,29-27-,30-28-,33-31-,34-32-,38-35-. The largest absolute Gasteiger partial charge is 0.462 e. The smallest absolute Gasteiger partial charge is 0.306 e. The summed E-state index contributed by atoms with van der Waals surface area (Å²) >= 11 is 0. The molecule has 6 heteroatoms. The van der Waals surface area contributed by atoms with Crippen LogP contribution in [0.5, 0.6) is 0 Å². The maximum absolute atomic E-state index is 12.8. The minimum Gasteiger partial charge on any atom is -0.462 e. The van der Waals surface area contributed by atoms with Gasteiger partial charge in [-0.15, -0.1) is 0 Å². The molecule has 0 aliphatic heterocycles. The van der Waals surface area contributed by atoms with Crippen molar-refractivity contribution in [3.8, 4) is 0 Å². The maximum Gasteiger partial charge on any atom is 0.306 e. The minimum atomic E-state index is -0.809. The number of hydrogen-bond acceptors (Lipinski definition) is 6. The molecule has 0 aliphatic carbocycles. The van der Waals surface area contributed by atoms with Crippen molar-refractivity contribution in [1.82, 2.24) is 0 Å². The molecule has 1 atom stereocenters. The molecule has 0 amide bonds. The Kier molecular flexibility index (Phi) is 51.5. The van der Waals surface area contributed by atoms with Crippen molar-refractivity contribution < 1.29 is 28.6 Å². The average molecular weight is 929 g/mol. The Balaban J connectivity index is 4.52. The van der Waals surface area contributed by atoms with Gasteiger partial charge in [0.25, 0.3) is 0 Å². The second-order valence-corrected chi connectivity index (χ2v) is 18.0. The van der Waals surface area contributed by atoms with Gasteiger partial charge in [0.2, 0.25) is 0 Å². The van der Waals surface area contributed by atoms with E-state index in [-0.39, 0.29) is 31.1 Å². The molecule has 0 radical (unpaired) electrons. The van der Waals surface area contributed by atoms with Gasteiger partial charge >= 0.3 is 17.9 Å². The van der Waals surface area contributed by atoms with Crippen LogP contribution in [0, 0.1) is 0 Å². The van der Waals surface area contributed by atoms with E-state index >= 15 is 0 Å². The van der Waals surface area contributed by atoms with E-state index in [0.717, 1.165) is 122 Å². The first-order valence-corrected chi connectivity index (χ1v) is 27.5. The zero-order chi connectivity index (χ0) is 48.6. The molecule has 0 aromatic heterocycles. The zero-order valence-corrected chi connectivity index (χ0v) is 43.4. The molecule has 0 aliphatic rings. The van der Waals surface area contributed by atoms with E-state index < -0.39 is 6.10 Å². The SMILES string of the molecule is CCCCC\C=C/C=C\C=C/C=C\CCCCCCCC(=O)OCC(COC(=O)CCCCC/C=C\CCCCCCCC)OC(=O)CCCCCCC\C=C/C=C\C=C/C=C\CCCCC. The van der Waals surface area contributed by atoms with Crippen LogP contribution in [0.3, 0.4) is 0 Å². The summed E-state index contributed by atoms with van der Waals surface area (Å²) in [6.45, 7) is 6.49. The van der Waals surface area contributed by atoms with E-state index in [1.165, 1.54) is 77.0 Å². The summed E-state index contributed by atoms with van der Waals surface area (Å²) in [5.41, 5.74) is 0. The number of ether oxygens (including phenoxy) is 3. The van der Waals surface area contributed by atoms with Crippen LogP contribution in [0.15, 0.2) is 109 Å². The predicted octanol–water partition coefficient (Wildman–Crippen LogP) is 18.3. The first-order chi connectivity index (χ1) is 33.0. The highest BCUT2D eigenvalue weighted by atomic mass is 16.6. The van der Waals surface area contributed by atoms with Crippen LogP contribution in [-0.2, 0) is 28.6 Å². The fourth-order valence-corrected chi connectivity index (χ4v) is 7.22. The Bertz CT molecular complexity index is 1390. The molecule has 0 saturated carbocycles. The number of unbranched alkanes of at least 4 members (excludes halogenated alkanes) is 25. The van der Waals surface area contributed by atoms with Gasteiger partial charge in [0.15, 0.2) is 6.10 Å². The van der Waals surface area contributed by atoms with Crippen molar-refractivity contribution in [1.29, 1.82) is 0 Å². The summed E-state index contributed by atoms with van der Waals surface area (Å²) in [6, 6.07) is 0. The fraction of sp³-hybridized carbons (Fsp3) is 0.656. The van der Waals surface area contributed by atoms with Gasteiger partial charge in [-0.2, -0.15) is 0 Å². The first kappa shape index (κ1) is 63.1. The van der Waals surface area contributed by atoms with E-state index in [1.807, 2.05) is 0 Å². The Morgan fingerprint density at radius 2 is 0.552 bits per heavy atom. The topological polar surface area (TPSA) is 78.9 Å². The molecule has 0 fully saturated rings. The summed E-state index contributed by atoms with van der Waals surface area (Å²) in [6.07, 6.45) is 73.4. The van der Waals surface area contributed by atoms with Crippen molar-refractivity contribution in [2.24, 2.45) is 0 Å². The first-order valence-electron chi connectivity index (χ1n) is 27.5. The molecular formula is C61H100O6. The molecule has 0 rings (SSSR count). The lowest BCUT2D eigenvalue weighted by atomic mass is 10.1. The van der Waals surface area contributed by atoms with Gasteiger partial charge in [-0.05, 0) is 96.3 Å². The molecular weight excluding hydrogens is 829 g/mol. The summed E-state index contributed by atoms with van der Waals surface area (Å²) < 4.78 is 16.8. The van der Waals surface area contributed by atoms with Crippen LogP contribution in [0.1, 0.15) is 239 Å². The van der Waals surface area contributed by atoms with Gasteiger partial charge in [-0.3, -0.25) is 14.4 Å². The molecule has 0 aromatic rings. The highest BCUT2D eigenvalue weighted by molar-refractivity contribution is 5.71. The van der Waals surface area contributed by atoms with Crippen LogP contribution in [0.25, 0.3) is 0 Å². The summed E-state index contributed by atoms with van der Waals surface area (Å²) in [4.78, 5) is 38.1. The molecule has 0 aromatic carbocycles. The zero-order valence-electron chi connectivity index (χ0n) is 43.4. The van der Waals surface area contributed by atoms with Gasteiger partial charge < -0.3 is 14.2 Å². The number of hydrogen-bond donors (Lipinski definition) is 0. The van der Waals surface area contributed by atoms with Crippen LogP contribution in [0.4, 0.5) is 0 Å². The van der Waals surface area contributed by atoms with Gasteiger partial charge in [0.05, 0.1) is 0 Å². The number of carbonyl (C=O) groups excluding carboxylic acids is 3. The Morgan fingerprint density at radius 1 is 0.299 bits per heavy atom. The number of esters is 3. The lowest BCUT2D eigenvalue weighted by Crippen LogP contribution is -2.30. The average Bonchev–Trinajstić information content (AvgIpc) is 3.33. The molecule has 0 saturated heterocycles. The van der Waals surface area contributed by atoms with Crippen LogP contribution in [-0.4, -0.2) is 37.2 Å². The number of carbonyl (C=O) groups is 3. The number of allylic oxidation sites excluding steroid dienone is 18. The number of rotatable bonds is 48. The Labute approximate surface area is 412 Å². The summed E-state index contributed by atoms with van der Waals surface area (Å²) in [7, 11) is 0. The van der Waals surface area contributed by atoms with E-state index in [1.54, 1.807) is 0 Å². The Hall–Kier alpha value is -3.93. The molecule has 67 heavy (non-hydrogen) atoms. The van der Waals surface area contributed by atoms with Crippen molar-refractivity contribution in [3.63, 3.8) is 0 Å². The predicted molar refractivity (Wildman–Crippen MR) is 288 cm³/mol. The molecule has 0 bridgehead atoms.